The Morgan fingerprint density at radius 2 is 2.20 bits per heavy atom. The van der Waals surface area contributed by atoms with Crippen LogP contribution in [-0.2, 0) is 0 Å². The molecule has 1 aromatic heterocycles. The lowest BCUT2D eigenvalue weighted by atomic mass is 9.84. The molecule has 104 valence electrons. The number of H-pyrrole nitrogens is 1. The third-order valence-electron chi connectivity index (χ3n) is 4.66. The monoisotopic (exact) mass is 270 g/mol. The highest BCUT2D eigenvalue weighted by Gasteiger charge is 2.34. The van der Waals surface area contributed by atoms with Gasteiger partial charge in [-0.15, -0.1) is 0 Å². The van der Waals surface area contributed by atoms with Crippen molar-refractivity contribution >= 4 is 16.9 Å². The minimum absolute atomic E-state index is 0.0280. The van der Waals surface area contributed by atoms with Gasteiger partial charge in [-0.3, -0.25) is 4.79 Å². The number of rotatable bonds is 2. The van der Waals surface area contributed by atoms with E-state index >= 15 is 0 Å². The number of nitrogens with one attached hydrogen (secondary N) is 2. The summed E-state index contributed by atoms with van der Waals surface area (Å²) in [6.45, 7) is 3.39. The second kappa shape index (κ2) is 4.59. The number of carbonyl (C=O) groups is 1. The van der Waals surface area contributed by atoms with E-state index in [2.05, 4.69) is 20.2 Å². The van der Waals surface area contributed by atoms with Crippen LogP contribution in [0.2, 0.25) is 0 Å². The minimum Gasteiger partial charge on any atom is -0.348 e. The standard InChI is InChI=1S/C15H18N4O/c20-15(11-1-2-12-13(7-11)17-9-16-12)18-14-8-19-5-3-10(14)4-6-19/h1-2,7,9-10,14H,3-6,8H2,(H,16,17)(H,18,20). The Hall–Kier alpha value is -1.88. The fourth-order valence-corrected chi connectivity index (χ4v) is 3.46. The van der Waals surface area contributed by atoms with E-state index < -0.39 is 0 Å². The van der Waals surface area contributed by atoms with Crippen molar-refractivity contribution in [3.05, 3.63) is 30.1 Å². The van der Waals surface area contributed by atoms with E-state index in [0.717, 1.165) is 17.6 Å². The van der Waals surface area contributed by atoms with Gasteiger partial charge in [0.25, 0.3) is 5.91 Å². The number of aromatic amines is 1. The van der Waals surface area contributed by atoms with Gasteiger partial charge >= 0.3 is 0 Å². The molecule has 1 atom stereocenters. The first-order valence-electron chi connectivity index (χ1n) is 7.26. The maximum Gasteiger partial charge on any atom is 0.251 e. The normalized spacial score (nSPS) is 28.7. The number of hydrogen-bond acceptors (Lipinski definition) is 3. The third kappa shape index (κ3) is 1.98. The van der Waals surface area contributed by atoms with Crippen molar-refractivity contribution in [2.75, 3.05) is 19.6 Å². The summed E-state index contributed by atoms with van der Waals surface area (Å²) in [5.74, 6) is 0.681. The van der Waals surface area contributed by atoms with Gasteiger partial charge in [-0.25, -0.2) is 4.98 Å². The van der Waals surface area contributed by atoms with Crippen LogP contribution >= 0.6 is 0 Å². The molecule has 3 aliphatic rings. The number of aromatic nitrogens is 2. The number of nitrogens with zero attached hydrogens (tertiary/aromatic N) is 2. The number of piperidine rings is 3. The lowest BCUT2D eigenvalue weighted by Gasteiger charge is -2.44. The quantitative estimate of drug-likeness (QED) is 0.867. The highest BCUT2D eigenvalue weighted by atomic mass is 16.1. The molecule has 2 bridgehead atoms. The molecule has 3 aliphatic heterocycles. The maximum absolute atomic E-state index is 12.4. The van der Waals surface area contributed by atoms with Crippen LogP contribution in [0.4, 0.5) is 0 Å². The topological polar surface area (TPSA) is 61.0 Å². The average molecular weight is 270 g/mol. The second-order valence-electron chi connectivity index (χ2n) is 5.85. The summed E-state index contributed by atoms with van der Waals surface area (Å²) in [5.41, 5.74) is 2.51. The van der Waals surface area contributed by atoms with Gasteiger partial charge < -0.3 is 15.2 Å². The highest BCUT2D eigenvalue weighted by molar-refractivity contribution is 5.97. The fourth-order valence-electron chi connectivity index (χ4n) is 3.46. The molecule has 3 fully saturated rings. The largest absolute Gasteiger partial charge is 0.348 e. The Morgan fingerprint density at radius 1 is 1.35 bits per heavy atom. The molecule has 2 aromatic rings. The van der Waals surface area contributed by atoms with Crippen LogP contribution in [0.5, 0.6) is 0 Å². The Bertz CT molecular complexity index is 642. The van der Waals surface area contributed by atoms with Gasteiger partial charge in [0, 0.05) is 18.2 Å². The van der Waals surface area contributed by atoms with Gasteiger partial charge in [-0.05, 0) is 50.0 Å². The molecule has 3 saturated heterocycles. The van der Waals surface area contributed by atoms with Gasteiger partial charge in [0.15, 0.2) is 0 Å². The summed E-state index contributed by atoms with van der Waals surface area (Å²) in [7, 11) is 0. The Labute approximate surface area is 117 Å². The van der Waals surface area contributed by atoms with Crippen LogP contribution in [0.25, 0.3) is 11.0 Å². The Kier molecular flexibility index (Phi) is 2.73. The van der Waals surface area contributed by atoms with Crippen molar-refractivity contribution in [3.8, 4) is 0 Å². The van der Waals surface area contributed by atoms with Crippen LogP contribution in [-0.4, -0.2) is 46.5 Å². The molecule has 0 saturated carbocycles. The van der Waals surface area contributed by atoms with Crippen molar-refractivity contribution in [1.82, 2.24) is 20.2 Å². The first-order chi connectivity index (χ1) is 9.79. The van der Waals surface area contributed by atoms with E-state index in [1.165, 1.54) is 25.9 Å². The fraction of sp³-hybridized carbons (Fsp3) is 0.467. The number of carbonyl (C=O) groups excluding carboxylic acids is 1. The summed E-state index contributed by atoms with van der Waals surface area (Å²) in [4.78, 5) is 22.1. The van der Waals surface area contributed by atoms with Crippen molar-refractivity contribution in [2.24, 2.45) is 5.92 Å². The smallest absolute Gasteiger partial charge is 0.251 e. The lowest BCUT2D eigenvalue weighted by Crippen LogP contribution is -2.57. The van der Waals surface area contributed by atoms with Crippen molar-refractivity contribution in [3.63, 3.8) is 0 Å². The zero-order chi connectivity index (χ0) is 13.5. The molecule has 0 spiro atoms. The van der Waals surface area contributed by atoms with Crippen LogP contribution in [0.15, 0.2) is 24.5 Å². The molecule has 0 radical (unpaired) electrons. The van der Waals surface area contributed by atoms with Gasteiger partial charge in [-0.1, -0.05) is 0 Å². The summed E-state index contributed by atoms with van der Waals surface area (Å²) in [6, 6.07) is 5.92. The molecule has 1 aromatic carbocycles. The second-order valence-corrected chi connectivity index (χ2v) is 5.85. The molecule has 1 amide bonds. The van der Waals surface area contributed by atoms with E-state index in [1.54, 1.807) is 6.33 Å². The number of benzene rings is 1. The molecule has 4 heterocycles. The number of fused-ring (bicyclic) bond motifs is 4. The minimum atomic E-state index is 0.0280. The van der Waals surface area contributed by atoms with Crippen LogP contribution in [0.3, 0.4) is 0 Å². The van der Waals surface area contributed by atoms with E-state index in [4.69, 9.17) is 0 Å². The number of amides is 1. The summed E-state index contributed by atoms with van der Waals surface area (Å²) in [6.07, 6.45) is 4.08. The molecule has 5 heteroatoms. The Balaban J connectivity index is 1.52. The number of imidazole rings is 1. The molecular weight excluding hydrogens is 252 g/mol. The van der Waals surface area contributed by atoms with Crippen LogP contribution in [0, 0.1) is 5.92 Å². The van der Waals surface area contributed by atoms with E-state index in [1.807, 2.05) is 18.2 Å². The molecule has 5 rings (SSSR count). The van der Waals surface area contributed by atoms with Gasteiger partial charge in [-0.2, -0.15) is 0 Å². The first-order valence-corrected chi connectivity index (χ1v) is 7.26. The van der Waals surface area contributed by atoms with E-state index in [9.17, 15) is 4.79 Å². The zero-order valence-electron chi connectivity index (χ0n) is 11.3. The predicted octanol–water partition coefficient (Wildman–Crippen LogP) is 1.39. The molecule has 20 heavy (non-hydrogen) atoms. The van der Waals surface area contributed by atoms with Crippen molar-refractivity contribution in [2.45, 2.75) is 18.9 Å². The van der Waals surface area contributed by atoms with Gasteiger partial charge in [0.05, 0.1) is 17.4 Å². The SMILES string of the molecule is O=C(NC1CN2CCC1CC2)c1ccc2nc[nH]c2c1. The first kappa shape index (κ1) is 11.9. The predicted molar refractivity (Wildman–Crippen MR) is 76.5 cm³/mol. The Morgan fingerprint density at radius 3 is 2.95 bits per heavy atom. The van der Waals surface area contributed by atoms with Gasteiger partial charge in [0.1, 0.15) is 0 Å². The molecule has 2 N–H and O–H groups in total. The third-order valence-corrected chi connectivity index (χ3v) is 4.66. The van der Waals surface area contributed by atoms with E-state index in [0.29, 0.717) is 17.5 Å². The summed E-state index contributed by atoms with van der Waals surface area (Å²) in [5, 5.41) is 3.21. The molecule has 1 unspecified atom stereocenters. The van der Waals surface area contributed by atoms with Crippen molar-refractivity contribution < 1.29 is 4.79 Å². The molecule has 0 aliphatic carbocycles. The average Bonchev–Trinajstić information content (AvgIpc) is 2.96. The summed E-state index contributed by atoms with van der Waals surface area (Å²) < 4.78 is 0. The molecular formula is C15H18N4O. The van der Waals surface area contributed by atoms with E-state index in [-0.39, 0.29) is 5.91 Å². The lowest BCUT2D eigenvalue weighted by molar-refractivity contribution is 0.0620. The zero-order valence-corrected chi connectivity index (χ0v) is 11.3. The highest BCUT2D eigenvalue weighted by Crippen LogP contribution is 2.27. The summed E-state index contributed by atoms with van der Waals surface area (Å²) >= 11 is 0. The molecule has 5 nitrogen and oxygen atoms in total. The van der Waals surface area contributed by atoms with Crippen molar-refractivity contribution in [1.29, 1.82) is 0 Å². The van der Waals surface area contributed by atoms with Crippen LogP contribution < -0.4 is 5.32 Å². The number of hydrogen-bond donors (Lipinski definition) is 2. The van der Waals surface area contributed by atoms with Gasteiger partial charge in [0.2, 0.25) is 0 Å². The van der Waals surface area contributed by atoms with Crippen LogP contribution in [0.1, 0.15) is 23.2 Å². The maximum atomic E-state index is 12.4.